The Bertz CT molecular complexity index is 716. The van der Waals surface area contributed by atoms with Gasteiger partial charge in [-0.25, -0.2) is 9.78 Å². The van der Waals surface area contributed by atoms with Crippen LogP contribution in [0.15, 0.2) is 29.2 Å². The molecule has 0 atom stereocenters. The van der Waals surface area contributed by atoms with Crippen LogP contribution in [-0.4, -0.2) is 15.0 Å². The van der Waals surface area contributed by atoms with Crippen LogP contribution in [0.2, 0.25) is 0 Å². The van der Waals surface area contributed by atoms with E-state index in [-0.39, 0.29) is 8.54 Å². The fourth-order valence-electron chi connectivity index (χ4n) is 1.68. The molecule has 0 aliphatic carbocycles. The minimum Gasteiger partial charge on any atom is -0.306 e. The third-order valence-electron chi connectivity index (χ3n) is 2.42. The number of benzene rings is 1. The Morgan fingerprint density at radius 2 is 2.12 bits per heavy atom. The van der Waals surface area contributed by atoms with E-state index < -0.39 is 0 Å². The number of nitrogens with zero attached hydrogens (tertiary/aromatic N) is 1. The number of aromatic amines is 2. The normalized spacial score (nSPS) is 11.1. The molecule has 3 rings (SSSR count). The fraction of sp³-hybridized carbons (Fsp3) is 0.0909. The van der Waals surface area contributed by atoms with E-state index in [0.717, 1.165) is 26.5 Å². The second kappa shape index (κ2) is 3.31. The average Bonchev–Trinajstić information content (AvgIpc) is 2.81. The molecule has 0 fully saturated rings. The molecule has 0 aliphatic rings. The van der Waals surface area contributed by atoms with Gasteiger partial charge in [0.05, 0.1) is 20.9 Å². The molecule has 84 valence electrons. The topological polar surface area (TPSA) is 61.5 Å². The average molecular weight is 235 g/mol. The van der Waals surface area contributed by atoms with E-state index >= 15 is 0 Å². The number of nitrogens with one attached hydrogen (secondary N) is 2. The van der Waals surface area contributed by atoms with Crippen LogP contribution in [0.1, 0.15) is 7.86 Å². The molecule has 0 radical (unpaired) electrons. The van der Waals surface area contributed by atoms with E-state index in [1.165, 1.54) is 0 Å². The van der Waals surface area contributed by atoms with Crippen LogP contribution in [0.4, 0.5) is 0 Å². The van der Waals surface area contributed by atoms with E-state index in [2.05, 4.69) is 15.0 Å². The Morgan fingerprint density at radius 1 is 1.31 bits per heavy atom. The molecule has 5 heteroatoms. The summed E-state index contributed by atoms with van der Waals surface area (Å²) in [4.78, 5) is 21.9. The molecule has 4 nitrogen and oxygen atoms in total. The number of aromatic nitrogens is 3. The van der Waals surface area contributed by atoms with E-state index in [9.17, 15) is 4.79 Å². The van der Waals surface area contributed by atoms with Gasteiger partial charge in [-0.2, -0.15) is 0 Å². The fourth-order valence-corrected chi connectivity index (χ4v) is 2.45. The smallest absolute Gasteiger partial charge is 0.306 e. The van der Waals surface area contributed by atoms with Crippen LogP contribution in [-0.2, 0) is 0 Å². The first-order chi connectivity index (χ1) is 7.72. The van der Waals surface area contributed by atoms with E-state index in [1.807, 2.05) is 31.3 Å². The lowest BCUT2D eigenvalue weighted by molar-refractivity contribution is 1.22. The van der Waals surface area contributed by atoms with Gasteiger partial charge in [-0.05, 0) is 24.6 Å². The van der Waals surface area contributed by atoms with Crippen LogP contribution in [0.25, 0.3) is 21.5 Å². The lowest BCUT2D eigenvalue weighted by Gasteiger charge is -1.95. The van der Waals surface area contributed by atoms with Crippen molar-refractivity contribution in [2.75, 3.05) is 0 Å². The van der Waals surface area contributed by atoms with Gasteiger partial charge in [0.25, 0.3) is 0 Å². The summed E-state index contributed by atoms with van der Waals surface area (Å²) >= 11 is 1.64. The predicted molar refractivity (Wildman–Crippen MR) is 69.0 cm³/mol. The number of H-pyrrole nitrogens is 2. The number of imidazole rings is 1. The zero-order chi connectivity index (χ0) is 11.1. The summed E-state index contributed by atoms with van der Waals surface area (Å²) in [6, 6.07) is 5.84. The van der Waals surface area contributed by atoms with Crippen molar-refractivity contribution in [1.29, 1.82) is 0 Å². The Hall–Kier alpha value is -1.88. The highest BCUT2D eigenvalue weighted by molar-refractivity contribution is 7.15. The molecule has 0 unspecified atom stereocenters. The van der Waals surface area contributed by atoms with Crippen molar-refractivity contribution >= 4 is 22.4 Å². The molecule has 2 N–H and O–H groups in total. The first-order valence-electron chi connectivity index (χ1n) is 4.87. The third-order valence-corrected chi connectivity index (χ3v) is 3.38. The number of rotatable bonds is 1. The molecule has 3 aromatic rings. The summed E-state index contributed by atoms with van der Waals surface area (Å²) in [6.07, 6.45) is 1.85. The second-order valence-corrected chi connectivity index (χ2v) is 4.82. The summed E-state index contributed by atoms with van der Waals surface area (Å²) in [5.74, 6) is 0. The SMILES string of the molecule is Cc1ncc(-c2ccc3[nH]c(=O)[nH]c3c2)s1.[HH].[HH]. The maximum absolute atomic E-state index is 11.1. The molecule has 16 heavy (non-hydrogen) atoms. The van der Waals surface area contributed by atoms with Gasteiger partial charge in [0.1, 0.15) is 0 Å². The molecule has 0 aliphatic heterocycles. The summed E-state index contributed by atoms with van der Waals surface area (Å²) in [7, 11) is 0. The molecule has 1 aromatic carbocycles. The summed E-state index contributed by atoms with van der Waals surface area (Å²) in [5, 5.41) is 1.04. The van der Waals surface area contributed by atoms with Crippen molar-refractivity contribution in [1.82, 2.24) is 15.0 Å². The van der Waals surface area contributed by atoms with E-state index in [4.69, 9.17) is 0 Å². The molecular weight excluding hydrogens is 222 g/mol. The quantitative estimate of drug-likeness (QED) is 0.681. The van der Waals surface area contributed by atoms with Crippen LogP contribution < -0.4 is 5.69 Å². The molecule has 0 saturated heterocycles. The molecule has 0 saturated carbocycles. The lowest BCUT2D eigenvalue weighted by Crippen LogP contribution is -1.99. The maximum Gasteiger partial charge on any atom is 0.323 e. The Kier molecular flexibility index (Phi) is 1.94. The Balaban J connectivity index is 0.000000810. The van der Waals surface area contributed by atoms with Crippen molar-refractivity contribution in [2.24, 2.45) is 0 Å². The molecule has 0 bridgehead atoms. The van der Waals surface area contributed by atoms with Crippen LogP contribution in [0, 0.1) is 6.92 Å². The zero-order valence-corrected chi connectivity index (χ0v) is 9.39. The molecule has 2 aromatic heterocycles. The van der Waals surface area contributed by atoms with Crippen molar-refractivity contribution in [2.45, 2.75) is 6.92 Å². The highest BCUT2D eigenvalue weighted by atomic mass is 32.1. The number of fused-ring (bicyclic) bond motifs is 1. The van der Waals surface area contributed by atoms with Gasteiger partial charge in [-0.15, -0.1) is 11.3 Å². The minimum atomic E-state index is -0.173. The largest absolute Gasteiger partial charge is 0.323 e. The van der Waals surface area contributed by atoms with Gasteiger partial charge in [0.15, 0.2) is 0 Å². The molecular formula is C11H13N3OS. The number of aryl methyl sites for hydroxylation is 1. The minimum absolute atomic E-state index is 0. The van der Waals surface area contributed by atoms with Crippen LogP contribution in [0.5, 0.6) is 0 Å². The van der Waals surface area contributed by atoms with Gasteiger partial charge in [0, 0.05) is 9.05 Å². The Labute approximate surface area is 98.0 Å². The van der Waals surface area contributed by atoms with Crippen LogP contribution in [0.3, 0.4) is 0 Å². The number of hydrogen-bond donors (Lipinski definition) is 2. The zero-order valence-electron chi connectivity index (χ0n) is 8.57. The summed E-state index contributed by atoms with van der Waals surface area (Å²) in [6.45, 7) is 1.98. The summed E-state index contributed by atoms with van der Waals surface area (Å²) < 4.78 is 0. The van der Waals surface area contributed by atoms with E-state index in [0.29, 0.717) is 0 Å². The molecule has 2 heterocycles. The highest BCUT2D eigenvalue weighted by Gasteiger charge is 2.04. The first-order valence-corrected chi connectivity index (χ1v) is 5.69. The third kappa shape index (κ3) is 1.45. The lowest BCUT2D eigenvalue weighted by atomic mass is 10.2. The first kappa shape index (κ1) is 9.35. The monoisotopic (exact) mass is 235 g/mol. The highest BCUT2D eigenvalue weighted by Crippen LogP contribution is 2.27. The number of hydrogen-bond acceptors (Lipinski definition) is 3. The van der Waals surface area contributed by atoms with Gasteiger partial charge >= 0.3 is 5.69 Å². The van der Waals surface area contributed by atoms with Crippen molar-refractivity contribution in [3.63, 3.8) is 0 Å². The van der Waals surface area contributed by atoms with E-state index in [1.54, 1.807) is 11.3 Å². The van der Waals surface area contributed by atoms with Gasteiger partial charge < -0.3 is 9.97 Å². The van der Waals surface area contributed by atoms with Crippen LogP contribution >= 0.6 is 11.3 Å². The summed E-state index contributed by atoms with van der Waals surface area (Å²) in [5.41, 5.74) is 2.56. The second-order valence-electron chi connectivity index (χ2n) is 3.58. The van der Waals surface area contributed by atoms with Gasteiger partial charge in [-0.1, -0.05) is 6.07 Å². The predicted octanol–water partition coefficient (Wildman–Crippen LogP) is 2.78. The Morgan fingerprint density at radius 3 is 2.88 bits per heavy atom. The van der Waals surface area contributed by atoms with Gasteiger partial charge in [-0.3, -0.25) is 0 Å². The standard InChI is InChI=1S/C11H9N3OS.2H2/c1-6-12-5-10(16-6)7-2-3-8-9(4-7)14-11(15)13-8;;/h2-5H,1H3,(H2,13,14,15);2*1H. The maximum atomic E-state index is 11.1. The number of thiazole rings is 1. The molecule has 0 spiro atoms. The van der Waals surface area contributed by atoms with Crippen molar-refractivity contribution in [3.8, 4) is 10.4 Å². The van der Waals surface area contributed by atoms with Crippen molar-refractivity contribution in [3.05, 3.63) is 39.9 Å². The van der Waals surface area contributed by atoms with Crippen molar-refractivity contribution < 1.29 is 2.85 Å². The van der Waals surface area contributed by atoms with Gasteiger partial charge in [0.2, 0.25) is 0 Å². The molecule has 0 amide bonds.